The molecule has 0 aliphatic rings. The van der Waals surface area contributed by atoms with E-state index in [0.29, 0.717) is 12.1 Å². The average Bonchev–Trinajstić information content (AvgIpc) is 2.79. The van der Waals surface area contributed by atoms with Crippen LogP contribution in [0.4, 0.5) is 27.6 Å². The summed E-state index contributed by atoms with van der Waals surface area (Å²) in [5.41, 5.74) is 4.13. The zero-order valence-electron chi connectivity index (χ0n) is 20.5. The number of anilines is 1. The lowest BCUT2D eigenvalue weighted by molar-refractivity contribution is -0.275. The number of carbonyl (C=O) groups is 2. The molecule has 0 unspecified atom stereocenters. The van der Waals surface area contributed by atoms with Gasteiger partial charge in [-0.15, -0.1) is 13.2 Å². The number of aromatic nitrogens is 1. The molecule has 0 saturated carbocycles. The fourth-order valence-corrected chi connectivity index (χ4v) is 2.81. The Labute approximate surface area is 198 Å². The van der Waals surface area contributed by atoms with Gasteiger partial charge in [0.05, 0.1) is 11.2 Å². The Morgan fingerprint density at radius 1 is 1.06 bits per heavy atom. The number of amides is 2. The Morgan fingerprint density at radius 2 is 1.74 bits per heavy atom. The first-order valence-electron chi connectivity index (χ1n) is 10.9. The summed E-state index contributed by atoms with van der Waals surface area (Å²) in [4.78, 5) is 28.0. The van der Waals surface area contributed by atoms with E-state index in [2.05, 4.69) is 19.8 Å². The van der Waals surface area contributed by atoms with Crippen molar-refractivity contribution >= 4 is 17.5 Å². The van der Waals surface area contributed by atoms with Gasteiger partial charge in [-0.25, -0.2) is 4.39 Å². The van der Waals surface area contributed by atoms with E-state index in [1.165, 1.54) is 19.1 Å². The molecule has 8 nitrogen and oxygen atoms in total. The third-order valence-electron chi connectivity index (χ3n) is 4.37. The van der Waals surface area contributed by atoms with Crippen molar-refractivity contribution in [3.8, 4) is 23.0 Å². The van der Waals surface area contributed by atoms with E-state index in [4.69, 9.17) is 14.6 Å². The number of nitrogens with one attached hydrogen (secondary N) is 1. The Hall–Kier alpha value is -4.42. The van der Waals surface area contributed by atoms with Gasteiger partial charge >= 0.3 is 6.36 Å². The fraction of sp³-hybridized carbons (Fsp3) is 0.136. The van der Waals surface area contributed by atoms with Gasteiger partial charge < -0.3 is 25.3 Å². The van der Waals surface area contributed by atoms with E-state index >= 15 is 4.39 Å². The Bertz CT molecular complexity index is 1400. The molecule has 2 aromatic carbocycles. The molecule has 0 radical (unpaired) electrons. The second-order valence-corrected chi connectivity index (χ2v) is 6.77. The molecular weight excluding hydrogens is 481 g/mol. The van der Waals surface area contributed by atoms with E-state index in [9.17, 15) is 27.2 Å². The van der Waals surface area contributed by atoms with Gasteiger partial charge in [0.25, 0.3) is 11.8 Å². The van der Waals surface area contributed by atoms with Crippen molar-refractivity contribution in [2.75, 3.05) is 12.4 Å². The normalized spacial score (nSPS) is 12.7. The summed E-state index contributed by atoms with van der Waals surface area (Å²) in [6.45, 7) is 1.31. The predicted octanol–water partition coefficient (Wildman–Crippen LogP) is 4.72. The smallest absolute Gasteiger partial charge is 0.490 e. The molecule has 0 spiro atoms. The van der Waals surface area contributed by atoms with Gasteiger partial charge in [-0.3, -0.25) is 14.6 Å². The number of nitrogens with zero attached hydrogens (tertiary/aromatic N) is 1. The summed E-state index contributed by atoms with van der Waals surface area (Å²) >= 11 is 0. The van der Waals surface area contributed by atoms with Crippen molar-refractivity contribution < 1.29 is 49.9 Å². The number of hydrogen-bond donors (Lipinski definition) is 2. The monoisotopic (exact) mass is 500 g/mol. The molecule has 3 rings (SSSR count). The predicted molar refractivity (Wildman–Crippen MR) is 112 cm³/mol. The van der Waals surface area contributed by atoms with Crippen LogP contribution in [0.1, 0.15) is 30.5 Å². The van der Waals surface area contributed by atoms with Crippen molar-refractivity contribution in [2.45, 2.75) is 13.3 Å². The van der Waals surface area contributed by atoms with Gasteiger partial charge in [0, 0.05) is 11.9 Å². The van der Waals surface area contributed by atoms with Gasteiger partial charge in [0.2, 0.25) is 11.6 Å². The summed E-state index contributed by atoms with van der Waals surface area (Å²) in [5.74, 6) is -9.17. The summed E-state index contributed by atoms with van der Waals surface area (Å²) in [6, 6.07) is 5.75. The largest absolute Gasteiger partial charge is 0.573 e. The number of rotatable bonds is 7. The average molecular weight is 500 g/mol. The molecular formula is C22H16F5N3O5. The molecule has 1 aromatic heterocycles. The van der Waals surface area contributed by atoms with Crippen LogP contribution in [-0.2, 0) is 0 Å². The molecule has 184 valence electrons. The molecule has 13 heteroatoms. The lowest BCUT2D eigenvalue weighted by Crippen LogP contribution is -2.18. The third kappa shape index (κ3) is 5.75. The van der Waals surface area contributed by atoms with Crippen LogP contribution in [0.25, 0.3) is 0 Å². The van der Waals surface area contributed by atoms with Crippen LogP contribution in [0.15, 0.2) is 42.6 Å². The minimum atomic E-state index is -5.33. The van der Waals surface area contributed by atoms with E-state index in [1.54, 1.807) is 0 Å². The van der Waals surface area contributed by atoms with E-state index in [0.717, 1.165) is 18.3 Å². The minimum absolute atomic E-state index is 0.0169. The highest BCUT2D eigenvalue weighted by Crippen LogP contribution is 2.41. The zero-order valence-corrected chi connectivity index (χ0v) is 17.5. The lowest BCUT2D eigenvalue weighted by Gasteiger charge is -2.17. The maximum absolute atomic E-state index is 15.1. The van der Waals surface area contributed by atoms with Crippen LogP contribution >= 0.6 is 0 Å². The van der Waals surface area contributed by atoms with Crippen molar-refractivity contribution in [2.24, 2.45) is 5.73 Å². The molecule has 2 amide bonds. The topological polar surface area (TPSA) is 113 Å². The number of nitrogens with two attached hydrogens (primary N) is 1. The molecule has 3 N–H and O–H groups in total. The molecule has 3 aromatic rings. The third-order valence-corrected chi connectivity index (χ3v) is 4.37. The van der Waals surface area contributed by atoms with Crippen LogP contribution in [0.5, 0.6) is 23.0 Å². The maximum Gasteiger partial charge on any atom is 0.573 e. The molecule has 1 heterocycles. The molecule has 0 atom stereocenters. The highest BCUT2D eigenvalue weighted by atomic mass is 19.4. The molecule has 0 fully saturated rings. The van der Waals surface area contributed by atoms with Crippen molar-refractivity contribution in [1.82, 2.24) is 4.98 Å². The SMILES string of the molecule is [2H]C([2H])([2H])Oc1c(Oc2ccc(C)c(F)c2C(=O)Nc2ccnc(C(N)=O)c2)ccc(OC(F)(F)F)c1F. The van der Waals surface area contributed by atoms with Crippen molar-refractivity contribution in [3.05, 3.63) is 71.1 Å². The van der Waals surface area contributed by atoms with Crippen LogP contribution in [0, 0.1) is 18.6 Å². The maximum atomic E-state index is 15.1. The van der Waals surface area contributed by atoms with Gasteiger partial charge in [-0.05, 0) is 42.8 Å². The number of carbonyl (C=O) groups excluding carboxylic acids is 2. The second kappa shape index (κ2) is 9.83. The quantitative estimate of drug-likeness (QED) is 0.454. The Balaban J connectivity index is 2.06. The number of pyridine rings is 1. The van der Waals surface area contributed by atoms with Crippen LogP contribution in [0.2, 0.25) is 0 Å². The lowest BCUT2D eigenvalue weighted by atomic mass is 10.1. The molecule has 35 heavy (non-hydrogen) atoms. The van der Waals surface area contributed by atoms with E-state index in [1.807, 2.05) is 0 Å². The van der Waals surface area contributed by atoms with Gasteiger partial charge in [-0.2, -0.15) is 4.39 Å². The minimum Gasteiger partial charge on any atom is -0.490 e. The first-order chi connectivity index (χ1) is 17.6. The summed E-state index contributed by atoms with van der Waals surface area (Å²) in [6.07, 6.45) is -4.18. The first-order valence-corrected chi connectivity index (χ1v) is 9.37. The number of methoxy groups -OCH3 is 1. The molecule has 0 saturated heterocycles. The number of aryl methyl sites for hydroxylation is 1. The van der Waals surface area contributed by atoms with Crippen LogP contribution in [-0.4, -0.2) is 30.2 Å². The Kier molecular flexibility index (Phi) is 5.94. The summed E-state index contributed by atoms with van der Waals surface area (Å²) in [5, 5.41) is 2.30. The number of benzene rings is 2. The van der Waals surface area contributed by atoms with Crippen LogP contribution in [0.3, 0.4) is 0 Å². The highest BCUT2D eigenvalue weighted by Gasteiger charge is 2.34. The number of ether oxygens (including phenoxy) is 3. The second-order valence-electron chi connectivity index (χ2n) is 6.77. The molecule has 0 aliphatic carbocycles. The van der Waals surface area contributed by atoms with Gasteiger partial charge in [0.1, 0.15) is 22.8 Å². The van der Waals surface area contributed by atoms with Gasteiger partial charge in [-0.1, -0.05) is 6.07 Å². The number of primary amides is 1. The standard InChI is InChI=1S/C22H16F5N3O5/c1-10-3-4-13(34-15-6-5-14(35-22(25,26)27)18(24)19(15)33-2)16(17(10)23)21(32)30-11-7-8-29-12(9-11)20(28)31/h3-9H,1-2H3,(H2,28,31)(H,29,30,32)/i2D3. The number of hydrogen-bond acceptors (Lipinski definition) is 6. The Morgan fingerprint density at radius 3 is 2.40 bits per heavy atom. The van der Waals surface area contributed by atoms with E-state index < -0.39 is 65.4 Å². The number of halogens is 5. The summed E-state index contributed by atoms with van der Waals surface area (Å²) in [7, 11) is -3.35. The molecule has 0 bridgehead atoms. The fourth-order valence-electron chi connectivity index (χ4n) is 2.81. The van der Waals surface area contributed by atoms with Crippen molar-refractivity contribution in [3.63, 3.8) is 0 Å². The van der Waals surface area contributed by atoms with Crippen molar-refractivity contribution in [1.29, 1.82) is 0 Å². The molecule has 0 aliphatic heterocycles. The van der Waals surface area contributed by atoms with Crippen LogP contribution < -0.4 is 25.3 Å². The van der Waals surface area contributed by atoms with E-state index in [-0.39, 0.29) is 16.9 Å². The zero-order chi connectivity index (χ0) is 28.4. The highest BCUT2D eigenvalue weighted by molar-refractivity contribution is 6.07. The first kappa shape index (κ1) is 21.1. The number of alkyl halides is 3. The van der Waals surface area contributed by atoms with Gasteiger partial charge in [0.15, 0.2) is 11.5 Å². The summed E-state index contributed by atoms with van der Waals surface area (Å²) < 4.78 is 103.